The molecule has 2 aliphatic heterocycles. The first kappa shape index (κ1) is 34.1. The maximum absolute atomic E-state index is 15.2. The first-order valence-corrected chi connectivity index (χ1v) is 17.0. The van der Waals surface area contributed by atoms with Crippen molar-refractivity contribution in [3.05, 3.63) is 48.3 Å². The normalized spacial score (nSPS) is 22.1. The fourth-order valence-corrected chi connectivity index (χ4v) is 8.04. The van der Waals surface area contributed by atoms with Gasteiger partial charge in [-0.15, -0.1) is 4.36 Å². The summed E-state index contributed by atoms with van der Waals surface area (Å²) in [5.74, 6) is -2.71. The van der Waals surface area contributed by atoms with Crippen LogP contribution in [-0.2, 0) is 29.5 Å². The minimum atomic E-state index is -5.33. The number of rotatable bonds is 8. The zero-order valence-corrected chi connectivity index (χ0v) is 26.5. The zero-order valence-electron chi connectivity index (χ0n) is 24.9. The number of para-hydroxylation sites is 1. The van der Waals surface area contributed by atoms with E-state index in [0.717, 1.165) is 48.0 Å². The average molecular weight is 664 g/mol. The summed E-state index contributed by atoms with van der Waals surface area (Å²) in [7, 11) is -5.97. The van der Waals surface area contributed by atoms with Crippen molar-refractivity contribution in [2.75, 3.05) is 56.6 Å². The minimum absolute atomic E-state index is 0.0332. The number of hydrogen-bond acceptors (Lipinski definition) is 7. The van der Waals surface area contributed by atoms with Gasteiger partial charge in [-0.05, 0) is 69.0 Å². The zero-order chi connectivity index (χ0) is 32.4. The maximum atomic E-state index is 15.2. The van der Waals surface area contributed by atoms with Crippen LogP contribution in [0.3, 0.4) is 0 Å². The molecule has 244 valence electrons. The number of piperidine rings is 1. The third-order valence-electron chi connectivity index (χ3n) is 7.87. The van der Waals surface area contributed by atoms with Crippen molar-refractivity contribution in [3.63, 3.8) is 0 Å². The van der Waals surface area contributed by atoms with Crippen LogP contribution >= 0.6 is 0 Å². The van der Waals surface area contributed by atoms with Crippen molar-refractivity contribution in [1.82, 2.24) is 9.21 Å². The Morgan fingerprint density at radius 2 is 1.57 bits per heavy atom. The fraction of sp³-hybridized carbons (Fsp3) is 0.536. The number of nitrogens with one attached hydrogen (secondary N) is 1. The number of nitrogens with zero attached hydrogens (tertiary/aromatic N) is 4. The molecule has 2 aromatic rings. The summed E-state index contributed by atoms with van der Waals surface area (Å²) in [5.41, 5.74) is 0.158. The van der Waals surface area contributed by atoms with Gasteiger partial charge in [0.1, 0.15) is 15.7 Å². The van der Waals surface area contributed by atoms with Crippen LogP contribution in [0.1, 0.15) is 26.7 Å². The van der Waals surface area contributed by atoms with Gasteiger partial charge in [-0.1, -0.05) is 6.07 Å². The van der Waals surface area contributed by atoms with Crippen molar-refractivity contribution in [2.24, 2.45) is 10.3 Å². The highest BCUT2D eigenvalue weighted by molar-refractivity contribution is 7.93. The second-order valence-electron chi connectivity index (χ2n) is 11.3. The van der Waals surface area contributed by atoms with E-state index in [4.69, 9.17) is 4.74 Å². The van der Waals surface area contributed by atoms with Crippen LogP contribution in [0.25, 0.3) is 0 Å². The summed E-state index contributed by atoms with van der Waals surface area (Å²) in [6.45, 7) is 7.62. The van der Waals surface area contributed by atoms with Crippen LogP contribution < -0.4 is 9.62 Å². The van der Waals surface area contributed by atoms with E-state index < -0.39 is 37.8 Å². The molecule has 2 saturated heterocycles. The Bertz CT molecular complexity index is 1560. The van der Waals surface area contributed by atoms with E-state index in [9.17, 15) is 30.6 Å². The van der Waals surface area contributed by atoms with Crippen molar-refractivity contribution < 1.29 is 39.7 Å². The molecule has 0 spiro atoms. The molecular formula is C28H37F4N5O5S2. The van der Waals surface area contributed by atoms with Crippen LogP contribution in [-0.4, -0.2) is 92.9 Å². The van der Waals surface area contributed by atoms with Crippen molar-refractivity contribution in [2.45, 2.75) is 54.7 Å². The number of amides is 1. The van der Waals surface area contributed by atoms with Crippen LogP contribution in [0, 0.1) is 11.7 Å². The third-order valence-corrected chi connectivity index (χ3v) is 11.5. The van der Waals surface area contributed by atoms with Crippen molar-refractivity contribution >= 4 is 37.2 Å². The molecule has 16 heteroatoms. The lowest BCUT2D eigenvalue weighted by molar-refractivity contribution is -0.169. The summed E-state index contributed by atoms with van der Waals surface area (Å²) in [5, 5.41) is 0. The number of anilines is 2. The molecule has 10 nitrogen and oxygen atoms in total. The van der Waals surface area contributed by atoms with Crippen LogP contribution in [0.5, 0.6) is 0 Å². The lowest BCUT2D eigenvalue weighted by atomic mass is 9.94. The quantitative estimate of drug-likeness (QED) is 0.419. The highest BCUT2D eigenvalue weighted by Crippen LogP contribution is 2.35. The number of carbonyl (C=O) groups excluding carboxylic acids is 1. The number of carbonyl (C=O) groups is 1. The van der Waals surface area contributed by atoms with Crippen LogP contribution in [0.15, 0.2) is 56.6 Å². The second kappa shape index (κ2) is 13.3. The van der Waals surface area contributed by atoms with Crippen LogP contribution in [0.4, 0.5) is 28.9 Å². The molecule has 0 aliphatic carbocycles. The molecule has 0 radical (unpaired) electrons. The Balaban J connectivity index is 1.52. The molecule has 3 atom stereocenters. The van der Waals surface area contributed by atoms with E-state index >= 15 is 4.39 Å². The summed E-state index contributed by atoms with van der Waals surface area (Å²) < 4.78 is 105. The largest absolute Gasteiger partial charge is 0.474 e. The third kappa shape index (κ3) is 7.53. The van der Waals surface area contributed by atoms with Crippen LogP contribution in [0.2, 0.25) is 0 Å². The van der Waals surface area contributed by atoms with Gasteiger partial charge in [0, 0.05) is 45.8 Å². The Labute approximate surface area is 255 Å². The molecule has 2 fully saturated rings. The Hall–Kier alpha value is -2.79. The molecule has 0 saturated carbocycles. The monoisotopic (exact) mass is 663 g/mol. The van der Waals surface area contributed by atoms with Gasteiger partial charge < -0.3 is 9.64 Å². The van der Waals surface area contributed by atoms with Gasteiger partial charge >= 0.3 is 12.1 Å². The van der Waals surface area contributed by atoms with E-state index in [-0.39, 0.29) is 21.2 Å². The summed E-state index contributed by atoms with van der Waals surface area (Å²) in [6.07, 6.45) is -3.73. The number of hydrogen-bond donors (Lipinski definition) is 1. The minimum Gasteiger partial charge on any atom is -0.378 e. The molecule has 4 rings (SSSR count). The predicted molar refractivity (Wildman–Crippen MR) is 159 cm³/mol. The van der Waals surface area contributed by atoms with Gasteiger partial charge in [0.25, 0.3) is 10.0 Å². The molecular weight excluding hydrogens is 626 g/mol. The maximum Gasteiger partial charge on any atom is 0.474 e. The number of halogens is 4. The molecule has 2 aromatic carbocycles. The lowest BCUT2D eigenvalue weighted by Gasteiger charge is -2.43. The van der Waals surface area contributed by atoms with Gasteiger partial charge in [0.15, 0.2) is 0 Å². The van der Waals surface area contributed by atoms with Gasteiger partial charge in [0.2, 0.25) is 0 Å². The van der Waals surface area contributed by atoms with Gasteiger partial charge in [-0.2, -0.15) is 13.2 Å². The first-order chi connectivity index (χ1) is 20.5. The molecule has 44 heavy (non-hydrogen) atoms. The number of morpholine rings is 1. The van der Waals surface area contributed by atoms with E-state index in [1.807, 2.05) is 4.90 Å². The van der Waals surface area contributed by atoms with E-state index in [0.29, 0.717) is 44.3 Å². The molecule has 0 aromatic heterocycles. The molecule has 1 N–H and O–H groups in total. The summed E-state index contributed by atoms with van der Waals surface area (Å²) >= 11 is 0. The highest BCUT2D eigenvalue weighted by Gasteiger charge is 2.40. The average Bonchev–Trinajstić information content (AvgIpc) is 2.95. The standard InChI is InChI=1S/C28H37F4N5O5S2/c1-19-17-42-18-20(2)37(19)16-21-12-14-36(15-13-21)26-24(29)6-5-7-25(26)33-44(40,41)23-10-8-22(9-11-23)43(39,35(3)4)34-27(38)28(30,31)32/h5-11,19-21,33H,12-18H2,1-4H3/t19-,20-,43?/m0/s1. The van der Waals surface area contributed by atoms with Crippen molar-refractivity contribution in [1.29, 1.82) is 0 Å². The van der Waals surface area contributed by atoms with E-state index in [1.54, 1.807) is 0 Å². The van der Waals surface area contributed by atoms with Gasteiger partial charge in [-0.25, -0.2) is 21.3 Å². The number of alkyl halides is 3. The SMILES string of the molecule is C[C@H]1COC[C@H](C)N1CC1CCN(c2c(F)cccc2NS(=O)(=O)c2ccc(S(=O)(=NC(=O)C(F)(F)F)N(C)C)cc2)CC1. The lowest BCUT2D eigenvalue weighted by Crippen LogP contribution is -2.52. The highest BCUT2D eigenvalue weighted by atomic mass is 32.2. The molecule has 2 aliphatic rings. The Morgan fingerprint density at radius 1 is 1.00 bits per heavy atom. The Kier molecular flexibility index (Phi) is 10.3. The smallest absolute Gasteiger partial charge is 0.378 e. The van der Waals surface area contributed by atoms with Gasteiger partial charge in [-0.3, -0.25) is 14.4 Å². The number of sulfonamides is 1. The first-order valence-electron chi connectivity index (χ1n) is 14.1. The molecule has 1 unspecified atom stereocenters. The summed E-state index contributed by atoms with van der Waals surface area (Å²) in [6, 6.07) is 8.84. The molecule has 0 bridgehead atoms. The predicted octanol–water partition coefficient (Wildman–Crippen LogP) is 4.34. The topological polar surface area (TPSA) is 112 Å². The van der Waals surface area contributed by atoms with E-state index in [1.165, 1.54) is 32.3 Å². The number of ether oxygens (including phenoxy) is 1. The second-order valence-corrected chi connectivity index (χ2v) is 15.3. The molecule has 2 heterocycles. The fourth-order valence-electron chi connectivity index (χ4n) is 5.46. The Morgan fingerprint density at radius 3 is 2.11 bits per heavy atom. The number of benzene rings is 2. The van der Waals surface area contributed by atoms with Gasteiger partial charge in [0.05, 0.1) is 34.4 Å². The molecule has 1 amide bonds. The van der Waals surface area contributed by atoms with E-state index in [2.05, 4.69) is 27.8 Å². The van der Waals surface area contributed by atoms with Crippen molar-refractivity contribution in [3.8, 4) is 0 Å². The summed E-state index contributed by atoms with van der Waals surface area (Å²) in [4.78, 5) is 15.1.